The lowest BCUT2D eigenvalue weighted by atomic mass is 9.94. The van der Waals surface area contributed by atoms with E-state index >= 15 is 0 Å². The van der Waals surface area contributed by atoms with Crippen molar-refractivity contribution in [2.24, 2.45) is 16.1 Å². The van der Waals surface area contributed by atoms with Crippen molar-refractivity contribution in [3.05, 3.63) is 29.0 Å². The van der Waals surface area contributed by atoms with Crippen molar-refractivity contribution in [1.82, 2.24) is 5.32 Å². The predicted molar refractivity (Wildman–Crippen MR) is 91.3 cm³/mol. The van der Waals surface area contributed by atoms with Gasteiger partial charge < -0.3 is 26.6 Å². The van der Waals surface area contributed by atoms with Crippen LogP contribution in [0, 0.1) is 11.2 Å². The average molecular weight is 347 g/mol. The number of nitrogens with zero attached hydrogens (tertiary/aromatic N) is 1. The summed E-state index contributed by atoms with van der Waals surface area (Å²) in [4.78, 5) is 4.40. The van der Waals surface area contributed by atoms with Crippen molar-refractivity contribution in [3.63, 3.8) is 0 Å². The van der Waals surface area contributed by atoms with Crippen molar-refractivity contribution in [2.75, 3.05) is 31.6 Å². The first-order valence-electron chi connectivity index (χ1n) is 7.27. The maximum atomic E-state index is 13.2. The van der Waals surface area contributed by atoms with Crippen LogP contribution in [0.4, 0.5) is 10.1 Å². The third-order valence-electron chi connectivity index (χ3n) is 3.12. The van der Waals surface area contributed by atoms with Gasteiger partial charge in [-0.2, -0.15) is 0 Å². The van der Waals surface area contributed by atoms with Gasteiger partial charge in [-0.15, -0.1) is 0 Å². The number of rotatable bonds is 7. The van der Waals surface area contributed by atoms with E-state index < -0.39 is 11.9 Å². The van der Waals surface area contributed by atoms with Crippen molar-refractivity contribution in [3.8, 4) is 0 Å². The summed E-state index contributed by atoms with van der Waals surface area (Å²) in [5.41, 5.74) is 6.04. The maximum absolute atomic E-state index is 13.2. The second-order valence-electron chi connectivity index (χ2n) is 6.00. The molecule has 6 N–H and O–H groups in total. The van der Waals surface area contributed by atoms with E-state index in [0.29, 0.717) is 24.7 Å². The van der Waals surface area contributed by atoms with Crippen LogP contribution in [-0.2, 0) is 0 Å². The molecule has 1 rings (SSSR count). The molecule has 0 aliphatic carbocycles. The fraction of sp³-hybridized carbons (Fsp3) is 0.533. The number of nitrogens with one attached hydrogen (secondary N) is 2. The van der Waals surface area contributed by atoms with Crippen LogP contribution in [0.5, 0.6) is 0 Å². The lowest BCUT2D eigenvalue weighted by Crippen LogP contribution is -2.39. The molecule has 0 bridgehead atoms. The van der Waals surface area contributed by atoms with E-state index in [2.05, 4.69) is 15.6 Å². The number of hydrogen-bond donors (Lipinski definition) is 5. The summed E-state index contributed by atoms with van der Waals surface area (Å²) in [5, 5.41) is 24.2. The molecule has 0 spiro atoms. The van der Waals surface area contributed by atoms with E-state index in [1.807, 2.05) is 13.8 Å². The van der Waals surface area contributed by atoms with E-state index in [9.17, 15) is 9.50 Å². The van der Waals surface area contributed by atoms with Crippen molar-refractivity contribution >= 4 is 23.2 Å². The molecule has 0 saturated heterocycles. The molecule has 0 fully saturated rings. The van der Waals surface area contributed by atoms with Crippen molar-refractivity contribution < 1.29 is 14.6 Å². The summed E-state index contributed by atoms with van der Waals surface area (Å²) in [5.74, 6) is -0.134. The van der Waals surface area contributed by atoms with E-state index in [-0.39, 0.29) is 23.6 Å². The molecule has 0 saturated carbocycles. The Labute approximate surface area is 140 Å². The molecule has 23 heavy (non-hydrogen) atoms. The molecule has 130 valence electrons. The highest BCUT2D eigenvalue weighted by molar-refractivity contribution is 6.31. The molecular formula is C15H24ClFN4O2. The van der Waals surface area contributed by atoms with Crippen LogP contribution < -0.4 is 16.4 Å². The first kappa shape index (κ1) is 19.6. The van der Waals surface area contributed by atoms with Crippen LogP contribution >= 0.6 is 11.6 Å². The Morgan fingerprint density at radius 1 is 1.48 bits per heavy atom. The molecule has 1 atom stereocenters. The topological polar surface area (TPSA) is 103 Å². The maximum Gasteiger partial charge on any atom is 0.195 e. The zero-order valence-corrected chi connectivity index (χ0v) is 14.1. The van der Waals surface area contributed by atoms with Gasteiger partial charge in [0.25, 0.3) is 0 Å². The van der Waals surface area contributed by atoms with Crippen LogP contribution in [0.2, 0.25) is 5.02 Å². The van der Waals surface area contributed by atoms with Gasteiger partial charge in [0.2, 0.25) is 0 Å². The number of benzene rings is 1. The normalized spacial score (nSPS) is 13.8. The average Bonchev–Trinajstić information content (AvgIpc) is 2.53. The van der Waals surface area contributed by atoms with Gasteiger partial charge in [0, 0.05) is 18.8 Å². The number of hydrogen-bond acceptors (Lipinski definition) is 4. The molecular weight excluding hydrogens is 323 g/mol. The molecule has 1 unspecified atom stereocenters. The molecule has 0 radical (unpaired) electrons. The van der Waals surface area contributed by atoms with Crippen LogP contribution in [0.15, 0.2) is 23.2 Å². The quantitative estimate of drug-likeness (QED) is 0.377. The summed E-state index contributed by atoms with van der Waals surface area (Å²) in [6, 6.07) is 4.20. The van der Waals surface area contributed by atoms with Crippen LogP contribution in [0.25, 0.3) is 0 Å². The van der Waals surface area contributed by atoms with Gasteiger partial charge in [-0.3, -0.25) is 4.99 Å². The lowest BCUT2D eigenvalue weighted by molar-refractivity contribution is 0.0982. The Hall–Kier alpha value is -1.41. The molecule has 1 aromatic rings. The zero-order chi connectivity index (χ0) is 17.5. The third-order valence-corrected chi connectivity index (χ3v) is 3.41. The van der Waals surface area contributed by atoms with Crippen LogP contribution in [-0.4, -0.2) is 48.5 Å². The Morgan fingerprint density at radius 3 is 2.74 bits per heavy atom. The minimum absolute atomic E-state index is 0.00738. The standard InChI is InChI=1S/C15H24ClFN4O2/c1-15(2,8-18)9-20-14(19-6-11(23)7-22)21-10-3-4-13(17)12(16)5-10/h3-5,11,22-23H,6-9,18H2,1-2H3,(H2,19,20,21). The lowest BCUT2D eigenvalue weighted by Gasteiger charge is -2.21. The fourth-order valence-corrected chi connectivity index (χ4v) is 1.67. The van der Waals surface area contributed by atoms with Gasteiger partial charge in [-0.25, -0.2) is 4.39 Å². The second kappa shape index (κ2) is 9.02. The first-order valence-corrected chi connectivity index (χ1v) is 7.64. The molecule has 0 heterocycles. The minimum atomic E-state index is -0.915. The van der Waals surface area contributed by atoms with Gasteiger partial charge in [0.1, 0.15) is 5.82 Å². The molecule has 8 heteroatoms. The Balaban J connectivity index is 2.84. The fourth-order valence-electron chi connectivity index (χ4n) is 1.49. The molecule has 0 aliphatic rings. The monoisotopic (exact) mass is 346 g/mol. The summed E-state index contributed by atoms with van der Waals surface area (Å²) < 4.78 is 13.2. The zero-order valence-electron chi connectivity index (χ0n) is 13.3. The molecule has 0 amide bonds. The predicted octanol–water partition coefficient (Wildman–Crippen LogP) is 1.17. The number of guanidine groups is 1. The highest BCUT2D eigenvalue weighted by Crippen LogP contribution is 2.19. The first-order chi connectivity index (χ1) is 10.8. The SMILES string of the molecule is CC(C)(CN)CN=C(NCC(O)CO)Nc1ccc(F)c(Cl)c1. The van der Waals surface area contributed by atoms with E-state index in [4.69, 9.17) is 22.4 Å². The summed E-state index contributed by atoms with van der Waals surface area (Å²) in [7, 11) is 0. The molecule has 0 aromatic heterocycles. The molecule has 6 nitrogen and oxygen atoms in total. The van der Waals surface area contributed by atoms with Gasteiger partial charge in [0.15, 0.2) is 5.96 Å². The van der Waals surface area contributed by atoms with E-state index in [1.165, 1.54) is 18.2 Å². The number of anilines is 1. The second-order valence-corrected chi connectivity index (χ2v) is 6.41. The van der Waals surface area contributed by atoms with Gasteiger partial charge >= 0.3 is 0 Å². The highest BCUT2D eigenvalue weighted by atomic mass is 35.5. The van der Waals surface area contributed by atoms with Gasteiger partial charge in [-0.1, -0.05) is 25.4 Å². The van der Waals surface area contributed by atoms with Crippen molar-refractivity contribution in [1.29, 1.82) is 0 Å². The van der Waals surface area contributed by atoms with Crippen molar-refractivity contribution in [2.45, 2.75) is 20.0 Å². The van der Waals surface area contributed by atoms with E-state index in [0.717, 1.165) is 0 Å². The summed E-state index contributed by atoms with van der Waals surface area (Å²) in [6.45, 7) is 4.61. The smallest absolute Gasteiger partial charge is 0.195 e. The number of nitrogens with two attached hydrogens (primary N) is 1. The van der Waals surface area contributed by atoms with Gasteiger partial charge in [0.05, 0.1) is 17.7 Å². The Kier molecular flexibility index (Phi) is 7.70. The van der Waals surface area contributed by atoms with Gasteiger partial charge in [-0.05, 0) is 30.2 Å². The van der Waals surface area contributed by atoms with E-state index in [1.54, 1.807) is 0 Å². The van der Waals surface area contributed by atoms with Crippen LogP contribution in [0.3, 0.4) is 0 Å². The third kappa shape index (κ3) is 7.13. The van der Waals surface area contributed by atoms with Crippen LogP contribution in [0.1, 0.15) is 13.8 Å². The number of aliphatic hydroxyl groups is 2. The summed E-state index contributed by atoms with van der Waals surface area (Å²) >= 11 is 5.75. The molecule has 0 aliphatic heterocycles. The summed E-state index contributed by atoms with van der Waals surface area (Å²) in [6.07, 6.45) is -0.915. The Bertz CT molecular complexity index is 540. The molecule has 1 aromatic carbocycles. The highest BCUT2D eigenvalue weighted by Gasteiger charge is 2.15. The number of halogens is 2. The largest absolute Gasteiger partial charge is 0.394 e. The number of aliphatic imine (C=N–C) groups is 1. The minimum Gasteiger partial charge on any atom is -0.394 e. The number of aliphatic hydroxyl groups excluding tert-OH is 2. The Morgan fingerprint density at radius 2 is 2.17 bits per heavy atom.